The quantitative estimate of drug-likeness (QED) is 0.798. The van der Waals surface area contributed by atoms with Gasteiger partial charge in [-0.3, -0.25) is 4.79 Å². The zero-order valence-electron chi connectivity index (χ0n) is 10.6. The minimum Gasteiger partial charge on any atom is -0.352 e. The Hall–Kier alpha value is -1.04. The maximum Gasteiger partial charge on any atom is 0.223 e. The Morgan fingerprint density at radius 1 is 1.18 bits per heavy atom. The molecule has 2 atom stereocenters. The highest BCUT2D eigenvalue weighted by molar-refractivity contribution is 5.79. The second kappa shape index (κ2) is 5.53. The Morgan fingerprint density at radius 3 is 2.53 bits per heavy atom. The molecule has 3 nitrogen and oxygen atoms in total. The fraction of sp³-hybridized carbons (Fsp3) is 0.857. The molecule has 0 radical (unpaired) electrons. The Morgan fingerprint density at radius 2 is 1.88 bits per heavy atom. The van der Waals surface area contributed by atoms with Crippen molar-refractivity contribution < 1.29 is 4.79 Å². The normalized spacial score (nSPS) is 37.4. The van der Waals surface area contributed by atoms with Crippen LogP contribution in [-0.4, -0.2) is 11.9 Å². The van der Waals surface area contributed by atoms with Gasteiger partial charge in [0.1, 0.15) is 0 Å². The van der Waals surface area contributed by atoms with E-state index in [9.17, 15) is 4.79 Å². The monoisotopic (exact) mass is 234 g/mol. The largest absolute Gasteiger partial charge is 0.352 e. The van der Waals surface area contributed by atoms with E-state index >= 15 is 0 Å². The van der Waals surface area contributed by atoms with E-state index in [2.05, 4.69) is 18.3 Å². The third-order valence-electron chi connectivity index (χ3n) is 4.40. The molecule has 0 aliphatic heterocycles. The maximum atomic E-state index is 12.1. The van der Waals surface area contributed by atoms with Gasteiger partial charge in [0.05, 0.1) is 12.0 Å². The Labute approximate surface area is 104 Å². The van der Waals surface area contributed by atoms with Crippen LogP contribution in [0.25, 0.3) is 0 Å². The van der Waals surface area contributed by atoms with Crippen LogP contribution in [0.15, 0.2) is 0 Å². The van der Waals surface area contributed by atoms with E-state index in [1.54, 1.807) is 0 Å². The zero-order valence-corrected chi connectivity index (χ0v) is 10.6. The van der Waals surface area contributed by atoms with Crippen LogP contribution in [0.5, 0.6) is 0 Å². The first-order valence-electron chi connectivity index (χ1n) is 6.90. The molecule has 1 amide bonds. The van der Waals surface area contributed by atoms with Gasteiger partial charge in [-0.1, -0.05) is 6.92 Å². The first-order chi connectivity index (χ1) is 8.20. The Bertz CT molecular complexity index is 313. The van der Waals surface area contributed by atoms with Gasteiger partial charge in [-0.15, -0.1) is 0 Å². The van der Waals surface area contributed by atoms with Crippen molar-refractivity contribution in [3.8, 4) is 6.07 Å². The lowest BCUT2D eigenvalue weighted by Crippen LogP contribution is -2.41. The fourth-order valence-electron chi connectivity index (χ4n) is 3.11. The van der Waals surface area contributed by atoms with Crippen LogP contribution in [-0.2, 0) is 4.79 Å². The fourth-order valence-corrected chi connectivity index (χ4v) is 3.11. The molecule has 3 heteroatoms. The van der Waals surface area contributed by atoms with Crippen LogP contribution in [0.2, 0.25) is 0 Å². The summed E-state index contributed by atoms with van der Waals surface area (Å²) >= 11 is 0. The SMILES string of the molecule is CC1CCC(C(=O)NC2CCCC2C#N)CC1. The van der Waals surface area contributed by atoms with E-state index in [4.69, 9.17) is 5.26 Å². The molecule has 2 saturated carbocycles. The van der Waals surface area contributed by atoms with Gasteiger partial charge in [0, 0.05) is 12.0 Å². The predicted molar refractivity (Wildman–Crippen MR) is 66.0 cm³/mol. The number of nitrogens with one attached hydrogen (secondary N) is 1. The number of carbonyl (C=O) groups excluding carboxylic acids is 1. The number of carbonyl (C=O) groups is 1. The molecule has 2 aliphatic rings. The van der Waals surface area contributed by atoms with Crippen molar-refractivity contribution in [1.82, 2.24) is 5.32 Å². The predicted octanol–water partition coefficient (Wildman–Crippen LogP) is 2.62. The van der Waals surface area contributed by atoms with E-state index in [1.807, 2.05) is 0 Å². The van der Waals surface area contributed by atoms with Crippen LogP contribution in [0.4, 0.5) is 0 Å². The van der Waals surface area contributed by atoms with E-state index < -0.39 is 0 Å². The molecule has 0 aromatic carbocycles. The Balaban J connectivity index is 1.83. The van der Waals surface area contributed by atoms with Crippen molar-refractivity contribution >= 4 is 5.91 Å². The second-order valence-electron chi connectivity index (χ2n) is 5.74. The molecule has 0 heterocycles. The summed E-state index contributed by atoms with van der Waals surface area (Å²) in [5.41, 5.74) is 0. The van der Waals surface area contributed by atoms with Crippen molar-refractivity contribution in [2.24, 2.45) is 17.8 Å². The lowest BCUT2D eigenvalue weighted by molar-refractivity contribution is -0.127. The smallest absolute Gasteiger partial charge is 0.223 e. The summed E-state index contributed by atoms with van der Waals surface area (Å²) in [5.74, 6) is 1.22. The molecular formula is C14H22N2O. The summed E-state index contributed by atoms with van der Waals surface area (Å²) in [6.07, 6.45) is 7.39. The number of hydrogen-bond acceptors (Lipinski definition) is 2. The van der Waals surface area contributed by atoms with Gasteiger partial charge in [0.25, 0.3) is 0 Å². The molecule has 2 fully saturated rings. The summed E-state index contributed by atoms with van der Waals surface area (Å²) in [4.78, 5) is 12.1. The van der Waals surface area contributed by atoms with Crippen LogP contribution >= 0.6 is 0 Å². The average Bonchev–Trinajstić information content (AvgIpc) is 2.77. The average molecular weight is 234 g/mol. The highest BCUT2D eigenvalue weighted by Crippen LogP contribution is 2.30. The van der Waals surface area contributed by atoms with Gasteiger partial charge in [-0.25, -0.2) is 0 Å². The molecular weight excluding hydrogens is 212 g/mol. The molecule has 0 aromatic rings. The molecule has 94 valence electrons. The van der Waals surface area contributed by atoms with E-state index in [-0.39, 0.29) is 23.8 Å². The van der Waals surface area contributed by atoms with Gasteiger partial charge in [0.2, 0.25) is 5.91 Å². The third-order valence-corrected chi connectivity index (χ3v) is 4.40. The maximum absolute atomic E-state index is 12.1. The zero-order chi connectivity index (χ0) is 12.3. The van der Waals surface area contributed by atoms with Crippen LogP contribution in [0.1, 0.15) is 51.9 Å². The number of hydrogen-bond donors (Lipinski definition) is 1. The number of rotatable bonds is 2. The highest BCUT2D eigenvalue weighted by Gasteiger charge is 2.31. The molecule has 0 bridgehead atoms. The molecule has 0 spiro atoms. The van der Waals surface area contributed by atoms with Gasteiger partial charge < -0.3 is 5.32 Å². The van der Waals surface area contributed by atoms with E-state index in [1.165, 1.54) is 12.8 Å². The van der Waals surface area contributed by atoms with Crippen LogP contribution < -0.4 is 5.32 Å². The van der Waals surface area contributed by atoms with Crippen molar-refractivity contribution in [1.29, 1.82) is 5.26 Å². The summed E-state index contributed by atoms with van der Waals surface area (Å²) in [6.45, 7) is 2.26. The topological polar surface area (TPSA) is 52.9 Å². The molecule has 2 unspecified atom stereocenters. The van der Waals surface area contributed by atoms with Gasteiger partial charge in [-0.2, -0.15) is 5.26 Å². The standard InChI is InChI=1S/C14H22N2O/c1-10-5-7-11(8-6-10)14(17)16-13-4-2-3-12(13)9-15/h10-13H,2-8H2,1H3,(H,16,17). The van der Waals surface area contributed by atoms with E-state index in [0.29, 0.717) is 0 Å². The summed E-state index contributed by atoms with van der Waals surface area (Å²) in [5, 5.41) is 12.1. The van der Waals surface area contributed by atoms with Gasteiger partial charge in [0.15, 0.2) is 0 Å². The molecule has 0 saturated heterocycles. The van der Waals surface area contributed by atoms with Crippen LogP contribution in [0, 0.1) is 29.1 Å². The molecule has 17 heavy (non-hydrogen) atoms. The van der Waals surface area contributed by atoms with E-state index in [0.717, 1.165) is 38.0 Å². The van der Waals surface area contributed by atoms with Crippen molar-refractivity contribution in [3.05, 3.63) is 0 Å². The third kappa shape index (κ3) is 3.00. The molecule has 2 rings (SSSR count). The number of nitriles is 1. The summed E-state index contributed by atoms with van der Waals surface area (Å²) in [6, 6.07) is 2.43. The molecule has 1 N–H and O–H groups in total. The first-order valence-corrected chi connectivity index (χ1v) is 6.90. The first kappa shape index (κ1) is 12.4. The van der Waals surface area contributed by atoms with Crippen LogP contribution in [0.3, 0.4) is 0 Å². The van der Waals surface area contributed by atoms with Crippen molar-refractivity contribution in [2.75, 3.05) is 0 Å². The lowest BCUT2D eigenvalue weighted by atomic mass is 9.82. The van der Waals surface area contributed by atoms with Gasteiger partial charge >= 0.3 is 0 Å². The number of nitrogens with zero attached hydrogens (tertiary/aromatic N) is 1. The Kier molecular flexibility index (Phi) is 4.04. The van der Waals surface area contributed by atoms with Crippen molar-refractivity contribution in [2.45, 2.75) is 57.9 Å². The second-order valence-corrected chi connectivity index (χ2v) is 5.74. The number of amides is 1. The summed E-state index contributed by atoms with van der Waals surface area (Å²) < 4.78 is 0. The molecule has 0 aromatic heterocycles. The summed E-state index contributed by atoms with van der Waals surface area (Å²) in [7, 11) is 0. The van der Waals surface area contributed by atoms with Gasteiger partial charge in [-0.05, 0) is 50.9 Å². The minimum atomic E-state index is 0.0430. The highest BCUT2D eigenvalue weighted by atomic mass is 16.1. The minimum absolute atomic E-state index is 0.0430. The van der Waals surface area contributed by atoms with Crippen molar-refractivity contribution in [3.63, 3.8) is 0 Å². The molecule has 2 aliphatic carbocycles. The lowest BCUT2D eigenvalue weighted by Gasteiger charge is -2.27.